The van der Waals surface area contributed by atoms with Crippen molar-refractivity contribution >= 4 is 22.9 Å². The molecule has 0 aliphatic heterocycles. The van der Waals surface area contributed by atoms with Gasteiger partial charge >= 0.3 is 0 Å². The number of fused-ring (bicyclic) bond motifs is 2. The Morgan fingerprint density at radius 3 is 1.71 bits per heavy atom. The van der Waals surface area contributed by atoms with Crippen LogP contribution in [0, 0.1) is 0 Å². The van der Waals surface area contributed by atoms with Gasteiger partial charge in [-0.15, -0.1) is 0 Å². The van der Waals surface area contributed by atoms with Crippen molar-refractivity contribution < 1.29 is 14.3 Å². The van der Waals surface area contributed by atoms with Gasteiger partial charge in [0.2, 0.25) is 0 Å². The summed E-state index contributed by atoms with van der Waals surface area (Å²) in [6.07, 6.45) is 19.7. The topological polar surface area (TPSA) is 93.4 Å². The fourth-order valence-corrected chi connectivity index (χ4v) is 5.82. The first-order valence-corrected chi connectivity index (χ1v) is 16.8. The van der Waals surface area contributed by atoms with Crippen LogP contribution in [0.2, 0.25) is 0 Å². The highest BCUT2D eigenvalue weighted by Gasteiger charge is 2.33. The smallest absolute Gasteiger partial charge is 0.196 e. The van der Waals surface area contributed by atoms with Gasteiger partial charge in [0.1, 0.15) is 0 Å². The fourth-order valence-electron chi connectivity index (χ4n) is 5.82. The number of ether oxygens (including phenoxy) is 1. The number of nitrogens with one attached hydrogen (secondary N) is 2. The number of nitrogens with two attached hydrogens (primary N) is 1. The Balaban J connectivity index is 1.37. The first-order chi connectivity index (χ1) is 20.6. The molecule has 4 N–H and O–H groups in total. The number of carbonyl (C=O) groups excluding carboxylic acids is 2. The first kappa shape index (κ1) is 33.8. The zero-order valence-corrected chi connectivity index (χ0v) is 26.3. The summed E-state index contributed by atoms with van der Waals surface area (Å²) >= 11 is 0. The predicted octanol–water partition coefficient (Wildman–Crippen LogP) is 8.52. The van der Waals surface area contributed by atoms with Crippen molar-refractivity contribution in [2.45, 2.75) is 116 Å². The van der Waals surface area contributed by atoms with Crippen molar-refractivity contribution in [3.05, 3.63) is 58.7 Å². The Morgan fingerprint density at radius 1 is 0.690 bits per heavy atom. The maximum absolute atomic E-state index is 13.6. The Morgan fingerprint density at radius 2 is 1.19 bits per heavy atom. The Hall–Kier alpha value is -2.70. The molecule has 0 aromatic heterocycles. The number of ketones is 2. The van der Waals surface area contributed by atoms with Crippen molar-refractivity contribution in [2.24, 2.45) is 5.73 Å². The molecule has 1 aliphatic rings. The monoisotopic (exact) mass is 577 g/mol. The molecule has 42 heavy (non-hydrogen) atoms. The molecule has 1 unspecified atom stereocenters. The van der Waals surface area contributed by atoms with Gasteiger partial charge in [-0.1, -0.05) is 122 Å². The van der Waals surface area contributed by atoms with Gasteiger partial charge < -0.3 is 21.1 Å². The molecule has 6 heteroatoms. The van der Waals surface area contributed by atoms with E-state index in [-0.39, 0.29) is 17.6 Å². The maximum atomic E-state index is 13.6. The summed E-state index contributed by atoms with van der Waals surface area (Å²) in [7, 11) is 0. The molecule has 0 bridgehead atoms. The second-order valence-electron chi connectivity index (χ2n) is 11.8. The summed E-state index contributed by atoms with van der Waals surface area (Å²) in [5.74, 6) is -0.261. The van der Waals surface area contributed by atoms with Gasteiger partial charge in [-0.3, -0.25) is 9.59 Å². The van der Waals surface area contributed by atoms with Gasteiger partial charge in [0.05, 0.1) is 17.7 Å². The summed E-state index contributed by atoms with van der Waals surface area (Å²) in [6.45, 7) is 6.69. The van der Waals surface area contributed by atoms with Gasteiger partial charge in [-0.25, -0.2) is 0 Å². The third-order valence-corrected chi connectivity index (χ3v) is 8.35. The van der Waals surface area contributed by atoms with Crippen LogP contribution in [-0.2, 0) is 4.74 Å². The SMILES string of the molecule is CCCCCCCCCCCCCCCCOCC(CC)Nc1cccc2c1C(=O)c1cccc(NCCN)c1C2=O. The molecule has 0 heterocycles. The number of unbranched alkanes of at least 4 members (excludes halogenated alkanes) is 13. The minimum absolute atomic E-state index is 0.0602. The third kappa shape index (κ3) is 10.2. The molecule has 0 spiro atoms. The zero-order valence-electron chi connectivity index (χ0n) is 26.3. The average molecular weight is 578 g/mol. The van der Waals surface area contributed by atoms with Crippen LogP contribution in [0.4, 0.5) is 11.4 Å². The molecule has 0 saturated carbocycles. The van der Waals surface area contributed by atoms with E-state index in [1.165, 1.54) is 83.5 Å². The van der Waals surface area contributed by atoms with Crippen LogP contribution < -0.4 is 16.4 Å². The van der Waals surface area contributed by atoms with E-state index in [9.17, 15) is 9.59 Å². The molecule has 0 saturated heterocycles. The first-order valence-electron chi connectivity index (χ1n) is 16.8. The molecule has 2 aromatic carbocycles. The van der Waals surface area contributed by atoms with E-state index >= 15 is 0 Å². The van der Waals surface area contributed by atoms with Crippen LogP contribution in [0.5, 0.6) is 0 Å². The van der Waals surface area contributed by atoms with Crippen LogP contribution >= 0.6 is 0 Å². The quantitative estimate of drug-likeness (QED) is 0.0978. The minimum atomic E-state index is -0.134. The number of hydrogen-bond donors (Lipinski definition) is 3. The van der Waals surface area contributed by atoms with E-state index in [0.29, 0.717) is 53.3 Å². The van der Waals surface area contributed by atoms with E-state index in [1.807, 2.05) is 24.3 Å². The zero-order chi connectivity index (χ0) is 30.0. The van der Waals surface area contributed by atoms with E-state index in [4.69, 9.17) is 10.5 Å². The summed E-state index contributed by atoms with van der Waals surface area (Å²) < 4.78 is 6.03. The molecular weight excluding hydrogens is 522 g/mol. The molecule has 0 amide bonds. The fraction of sp³-hybridized carbons (Fsp3) is 0.611. The van der Waals surface area contributed by atoms with Crippen molar-refractivity contribution in [2.75, 3.05) is 36.9 Å². The summed E-state index contributed by atoms with van der Waals surface area (Å²) in [4.78, 5) is 27.1. The van der Waals surface area contributed by atoms with Crippen LogP contribution in [0.3, 0.4) is 0 Å². The largest absolute Gasteiger partial charge is 0.383 e. The highest BCUT2D eigenvalue weighted by atomic mass is 16.5. The van der Waals surface area contributed by atoms with Crippen LogP contribution in [0.25, 0.3) is 0 Å². The molecule has 1 atom stereocenters. The van der Waals surface area contributed by atoms with E-state index in [0.717, 1.165) is 19.4 Å². The molecule has 232 valence electrons. The molecular formula is C36H55N3O3. The third-order valence-electron chi connectivity index (χ3n) is 8.35. The Labute approximate surface area is 254 Å². The lowest BCUT2D eigenvalue weighted by atomic mass is 9.82. The highest BCUT2D eigenvalue weighted by molar-refractivity contribution is 6.31. The summed E-state index contributed by atoms with van der Waals surface area (Å²) in [5, 5.41) is 6.70. The van der Waals surface area contributed by atoms with Crippen LogP contribution in [-0.4, -0.2) is 43.9 Å². The molecule has 0 fully saturated rings. The molecule has 6 nitrogen and oxygen atoms in total. The molecule has 3 rings (SSSR count). The van der Waals surface area contributed by atoms with E-state index in [2.05, 4.69) is 24.5 Å². The Bertz CT molecular complexity index is 1100. The van der Waals surface area contributed by atoms with Gasteiger partial charge in [0.15, 0.2) is 11.6 Å². The number of anilines is 2. The van der Waals surface area contributed by atoms with Crippen molar-refractivity contribution in [3.63, 3.8) is 0 Å². The normalized spacial score (nSPS) is 13.1. The lowest BCUT2D eigenvalue weighted by Crippen LogP contribution is -2.29. The van der Waals surface area contributed by atoms with E-state index < -0.39 is 0 Å². The average Bonchev–Trinajstić information content (AvgIpc) is 3.01. The second-order valence-corrected chi connectivity index (χ2v) is 11.8. The Kier molecular flexibility index (Phi) is 15.7. The predicted molar refractivity (Wildman–Crippen MR) is 176 cm³/mol. The lowest BCUT2D eigenvalue weighted by molar-refractivity contribution is 0.0980. The van der Waals surface area contributed by atoms with Crippen molar-refractivity contribution in [1.29, 1.82) is 0 Å². The van der Waals surface area contributed by atoms with Gasteiger partial charge in [0.25, 0.3) is 0 Å². The molecule has 2 aromatic rings. The second kappa shape index (κ2) is 19.5. The number of hydrogen-bond acceptors (Lipinski definition) is 6. The minimum Gasteiger partial charge on any atom is -0.383 e. The number of benzene rings is 2. The van der Waals surface area contributed by atoms with E-state index in [1.54, 1.807) is 12.1 Å². The standard InChI is InChI=1S/C36H55N3O3/c1-3-5-6-7-8-9-10-11-12-13-14-15-16-17-26-42-27-28(4-2)39-32-23-19-21-30-34(32)36(41)29-20-18-22-31(38-25-24-37)33(29)35(30)40/h18-23,28,38-39H,3-17,24-27,37H2,1-2H3. The van der Waals surface area contributed by atoms with Crippen molar-refractivity contribution in [3.8, 4) is 0 Å². The number of carbonyl (C=O) groups is 2. The van der Waals surface area contributed by atoms with Crippen LogP contribution in [0.1, 0.15) is 142 Å². The van der Waals surface area contributed by atoms with Gasteiger partial charge in [0, 0.05) is 48.2 Å². The van der Waals surface area contributed by atoms with Gasteiger partial charge in [-0.2, -0.15) is 0 Å². The summed E-state index contributed by atoms with van der Waals surface area (Å²) in [6, 6.07) is 10.9. The molecule has 1 aliphatic carbocycles. The maximum Gasteiger partial charge on any atom is 0.196 e. The van der Waals surface area contributed by atoms with Gasteiger partial charge in [-0.05, 0) is 25.0 Å². The van der Waals surface area contributed by atoms with Crippen LogP contribution in [0.15, 0.2) is 36.4 Å². The number of rotatable bonds is 23. The lowest BCUT2D eigenvalue weighted by Gasteiger charge is -2.25. The molecule has 0 radical (unpaired) electrons. The van der Waals surface area contributed by atoms with Crippen molar-refractivity contribution in [1.82, 2.24) is 0 Å². The highest BCUT2D eigenvalue weighted by Crippen LogP contribution is 2.35. The summed E-state index contributed by atoms with van der Waals surface area (Å²) in [5.41, 5.74) is 8.76.